The summed E-state index contributed by atoms with van der Waals surface area (Å²) in [6, 6.07) is 14.5. The molecule has 0 bridgehead atoms. The number of pyridine rings is 1. The number of ether oxygens (including phenoxy) is 1. The molecule has 1 aromatic carbocycles. The smallest absolute Gasteiger partial charge is 0.328 e. The van der Waals surface area contributed by atoms with Gasteiger partial charge in [0.25, 0.3) is 0 Å². The van der Waals surface area contributed by atoms with Crippen molar-refractivity contribution >= 4 is 11.9 Å². The lowest BCUT2D eigenvalue weighted by Crippen LogP contribution is -2.42. The third-order valence-corrected chi connectivity index (χ3v) is 4.33. The van der Waals surface area contributed by atoms with E-state index in [-0.39, 0.29) is 18.6 Å². The lowest BCUT2D eigenvalue weighted by molar-refractivity contribution is -0.148. The molecule has 3 rings (SSSR count). The molecule has 0 radical (unpaired) electrons. The number of carbonyl (C=O) groups is 2. The number of benzene rings is 1. The summed E-state index contributed by atoms with van der Waals surface area (Å²) in [5, 5.41) is 2.74. The minimum Gasteiger partial charge on any atom is -0.459 e. The average molecular weight is 353 g/mol. The van der Waals surface area contributed by atoms with Crippen LogP contribution >= 0.6 is 0 Å². The Morgan fingerprint density at radius 2 is 2.00 bits per heavy atom. The SMILES string of the molecule is CC(NC(=O)C1CN1CCc1ccccn1)C(=O)OCc1ccccc1. The summed E-state index contributed by atoms with van der Waals surface area (Å²) in [5.74, 6) is -0.557. The molecule has 1 aliphatic rings. The fourth-order valence-corrected chi connectivity index (χ4v) is 2.70. The van der Waals surface area contributed by atoms with E-state index in [0.29, 0.717) is 6.54 Å². The highest BCUT2D eigenvalue weighted by atomic mass is 16.5. The molecule has 3 atom stereocenters. The van der Waals surface area contributed by atoms with Crippen LogP contribution in [0.25, 0.3) is 0 Å². The second-order valence-corrected chi connectivity index (χ2v) is 6.41. The van der Waals surface area contributed by atoms with Crippen molar-refractivity contribution in [1.82, 2.24) is 15.2 Å². The third kappa shape index (κ3) is 5.13. The highest BCUT2D eigenvalue weighted by molar-refractivity contribution is 5.89. The molecule has 6 nitrogen and oxygen atoms in total. The minimum atomic E-state index is -0.663. The number of hydrogen-bond donors (Lipinski definition) is 1. The molecule has 0 spiro atoms. The Kier molecular flexibility index (Phi) is 5.96. The van der Waals surface area contributed by atoms with E-state index >= 15 is 0 Å². The van der Waals surface area contributed by atoms with E-state index in [1.807, 2.05) is 48.5 Å². The van der Waals surface area contributed by atoms with Gasteiger partial charge in [-0.2, -0.15) is 0 Å². The molecule has 6 heteroatoms. The van der Waals surface area contributed by atoms with Crippen LogP contribution in [0.1, 0.15) is 18.2 Å². The predicted octanol–water partition coefficient (Wildman–Crippen LogP) is 1.56. The van der Waals surface area contributed by atoms with E-state index in [4.69, 9.17) is 4.74 Å². The summed E-state index contributed by atoms with van der Waals surface area (Å²) in [4.78, 5) is 30.6. The van der Waals surface area contributed by atoms with Gasteiger partial charge < -0.3 is 10.1 Å². The first-order valence-corrected chi connectivity index (χ1v) is 8.78. The van der Waals surface area contributed by atoms with Crippen molar-refractivity contribution in [3.8, 4) is 0 Å². The van der Waals surface area contributed by atoms with Gasteiger partial charge in [-0.3, -0.25) is 14.7 Å². The summed E-state index contributed by atoms with van der Waals surface area (Å²) in [6.45, 7) is 3.34. The molecule has 2 aromatic rings. The standard InChI is InChI=1S/C20H23N3O3/c1-15(20(25)26-14-16-7-3-2-4-8-16)22-19(24)18-13-23(18)12-10-17-9-5-6-11-21-17/h2-9,11,15,18H,10,12-14H2,1H3,(H,22,24). The molecule has 1 fully saturated rings. The van der Waals surface area contributed by atoms with Crippen LogP contribution in [0.3, 0.4) is 0 Å². The van der Waals surface area contributed by atoms with Gasteiger partial charge in [0.2, 0.25) is 5.91 Å². The Hall–Kier alpha value is -2.73. The molecule has 1 aliphatic heterocycles. The minimum absolute atomic E-state index is 0.129. The first-order chi connectivity index (χ1) is 12.6. The second kappa shape index (κ2) is 8.58. The normalized spacial score (nSPS) is 19.4. The van der Waals surface area contributed by atoms with Gasteiger partial charge in [0.05, 0.1) is 0 Å². The van der Waals surface area contributed by atoms with Crippen molar-refractivity contribution in [1.29, 1.82) is 0 Å². The summed E-state index contributed by atoms with van der Waals surface area (Å²) in [7, 11) is 0. The van der Waals surface area contributed by atoms with Crippen LogP contribution in [0, 0.1) is 0 Å². The highest BCUT2D eigenvalue weighted by Gasteiger charge is 2.40. The number of esters is 1. The van der Waals surface area contributed by atoms with E-state index in [1.165, 1.54) is 0 Å². The van der Waals surface area contributed by atoms with E-state index in [2.05, 4.69) is 15.2 Å². The zero-order chi connectivity index (χ0) is 18.4. The number of nitrogens with one attached hydrogen (secondary N) is 1. The maximum absolute atomic E-state index is 12.2. The number of carbonyl (C=O) groups excluding carboxylic acids is 2. The lowest BCUT2D eigenvalue weighted by atomic mass is 10.2. The highest BCUT2D eigenvalue weighted by Crippen LogP contribution is 2.18. The van der Waals surface area contributed by atoms with Crippen molar-refractivity contribution in [3.05, 3.63) is 66.0 Å². The molecule has 26 heavy (non-hydrogen) atoms. The van der Waals surface area contributed by atoms with Crippen LogP contribution in [0.5, 0.6) is 0 Å². The maximum atomic E-state index is 12.2. The van der Waals surface area contributed by atoms with Gasteiger partial charge in [-0.25, -0.2) is 4.79 Å². The zero-order valence-electron chi connectivity index (χ0n) is 14.8. The first kappa shape index (κ1) is 18.1. The van der Waals surface area contributed by atoms with Crippen molar-refractivity contribution < 1.29 is 14.3 Å². The summed E-state index contributed by atoms with van der Waals surface area (Å²) < 4.78 is 5.25. The molecular weight excluding hydrogens is 330 g/mol. The first-order valence-electron chi connectivity index (χ1n) is 8.78. The Morgan fingerprint density at radius 3 is 2.73 bits per heavy atom. The Balaban J connectivity index is 1.37. The van der Waals surface area contributed by atoms with E-state index < -0.39 is 12.0 Å². The monoisotopic (exact) mass is 353 g/mol. The number of hydrogen-bond acceptors (Lipinski definition) is 5. The van der Waals surface area contributed by atoms with Crippen molar-refractivity contribution in [2.24, 2.45) is 0 Å². The van der Waals surface area contributed by atoms with Gasteiger partial charge >= 0.3 is 5.97 Å². The average Bonchev–Trinajstić information content (AvgIpc) is 3.46. The van der Waals surface area contributed by atoms with Crippen LogP contribution in [0.4, 0.5) is 0 Å². The molecule has 3 unspecified atom stereocenters. The van der Waals surface area contributed by atoms with Crippen LogP contribution < -0.4 is 5.32 Å². The largest absolute Gasteiger partial charge is 0.459 e. The predicted molar refractivity (Wildman–Crippen MR) is 97.1 cm³/mol. The Bertz CT molecular complexity index is 736. The molecule has 1 amide bonds. The van der Waals surface area contributed by atoms with Crippen LogP contribution in [-0.2, 0) is 27.4 Å². The zero-order valence-corrected chi connectivity index (χ0v) is 14.8. The topological polar surface area (TPSA) is 71.3 Å². The molecular formula is C20H23N3O3. The van der Waals surface area contributed by atoms with Crippen LogP contribution in [0.15, 0.2) is 54.7 Å². The fourth-order valence-electron chi connectivity index (χ4n) is 2.70. The van der Waals surface area contributed by atoms with Gasteiger partial charge in [-0.05, 0) is 24.6 Å². The second-order valence-electron chi connectivity index (χ2n) is 6.41. The van der Waals surface area contributed by atoms with E-state index in [9.17, 15) is 9.59 Å². The Labute approximate surface area is 153 Å². The van der Waals surface area contributed by atoms with Crippen LogP contribution in [0.2, 0.25) is 0 Å². The van der Waals surface area contributed by atoms with Gasteiger partial charge in [0.15, 0.2) is 0 Å². The van der Waals surface area contributed by atoms with Gasteiger partial charge in [0, 0.05) is 31.4 Å². The Morgan fingerprint density at radius 1 is 1.23 bits per heavy atom. The number of nitrogens with zero attached hydrogens (tertiary/aromatic N) is 2. The number of rotatable bonds is 8. The van der Waals surface area contributed by atoms with Gasteiger partial charge in [-0.15, -0.1) is 0 Å². The molecule has 1 aromatic heterocycles. The third-order valence-electron chi connectivity index (χ3n) is 4.33. The van der Waals surface area contributed by atoms with E-state index in [1.54, 1.807) is 13.1 Å². The number of amides is 1. The summed E-state index contributed by atoms with van der Waals surface area (Å²) in [5.41, 5.74) is 1.93. The molecule has 0 saturated carbocycles. The van der Waals surface area contributed by atoms with Gasteiger partial charge in [0.1, 0.15) is 18.7 Å². The van der Waals surface area contributed by atoms with E-state index in [0.717, 1.165) is 24.2 Å². The summed E-state index contributed by atoms with van der Waals surface area (Å²) >= 11 is 0. The van der Waals surface area contributed by atoms with Crippen molar-refractivity contribution in [3.63, 3.8) is 0 Å². The molecule has 1 saturated heterocycles. The van der Waals surface area contributed by atoms with Crippen molar-refractivity contribution in [2.75, 3.05) is 13.1 Å². The molecule has 1 N–H and O–H groups in total. The van der Waals surface area contributed by atoms with Gasteiger partial charge in [-0.1, -0.05) is 36.4 Å². The lowest BCUT2D eigenvalue weighted by Gasteiger charge is -2.13. The maximum Gasteiger partial charge on any atom is 0.328 e. The molecule has 0 aliphatic carbocycles. The quantitative estimate of drug-likeness (QED) is 0.576. The van der Waals surface area contributed by atoms with Crippen LogP contribution in [-0.4, -0.2) is 46.9 Å². The van der Waals surface area contributed by atoms with Crippen molar-refractivity contribution in [2.45, 2.75) is 32.0 Å². The molecule has 2 heterocycles. The summed E-state index contributed by atoms with van der Waals surface area (Å²) in [6.07, 6.45) is 2.57. The molecule has 136 valence electrons. The fraction of sp³-hybridized carbons (Fsp3) is 0.350. The number of aromatic nitrogens is 1.